The summed E-state index contributed by atoms with van der Waals surface area (Å²) in [6, 6.07) is -3.82. The Kier molecular flexibility index (Phi) is 25.3. The van der Waals surface area contributed by atoms with Gasteiger partial charge in [-0.1, -0.05) is 77.6 Å². The molecule has 0 spiro atoms. The van der Waals surface area contributed by atoms with Crippen molar-refractivity contribution in [3.8, 4) is 0 Å². The van der Waals surface area contributed by atoms with E-state index in [1.54, 1.807) is 0 Å². The maximum Gasteiger partial charge on any atom is 0.305 e. The number of carboxylic acid groups (broad SMARTS) is 1. The first kappa shape index (κ1) is 48.6. The Hall–Kier alpha value is -3.38. The molecule has 0 saturated carbocycles. The minimum Gasteiger partial charge on any atom is -0.481 e. The topological polar surface area (TPSA) is 273 Å². The van der Waals surface area contributed by atoms with Gasteiger partial charge in [0.15, 0.2) is 6.29 Å². The SMILES string of the molecule is CCCCCCCCCCCC(=O)OCCCCCCCC(=O)N[C@H]1C(O)O[C@H](CO)[C@@H](O)[C@@H]1OC(C)C(=O)NC(C)C(=O)NC(CCC(=O)O)C(N)=O. The number of hydrogen-bond acceptors (Lipinski definition) is 12. The third-order valence-corrected chi connectivity index (χ3v) is 9.29. The summed E-state index contributed by atoms with van der Waals surface area (Å²) in [5, 5.41) is 47.2. The van der Waals surface area contributed by atoms with Crippen LogP contribution >= 0.6 is 0 Å². The van der Waals surface area contributed by atoms with Crippen molar-refractivity contribution >= 4 is 35.6 Å². The predicted molar refractivity (Wildman–Crippen MR) is 196 cm³/mol. The molecule has 1 aliphatic rings. The number of esters is 1. The highest BCUT2D eigenvalue weighted by molar-refractivity contribution is 5.92. The molecule has 1 aliphatic heterocycles. The molecule has 0 radical (unpaired) electrons. The van der Waals surface area contributed by atoms with Crippen LogP contribution in [0.25, 0.3) is 0 Å². The van der Waals surface area contributed by atoms with Gasteiger partial charge in [0.25, 0.3) is 0 Å². The molecule has 4 unspecified atom stereocenters. The lowest BCUT2D eigenvalue weighted by Crippen LogP contribution is -2.66. The van der Waals surface area contributed by atoms with Crippen molar-refractivity contribution in [2.45, 2.75) is 185 Å². The number of nitrogens with two attached hydrogens (primary N) is 1. The van der Waals surface area contributed by atoms with Crippen molar-refractivity contribution in [3.05, 3.63) is 0 Å². The number of carboxylic acids is 1. The Morgan fingerprint density at radius 1 is 0.778 bits per heavy atom. The van der Waals surface area contributed by atoms with Crippen LogP contribution in [0.5, 0.6) is 0 Å². The van der Waals surface area contributed by atoms with E-state index in [0.29, 0.717) is 19.4 Å². The fourth-order valence-corrected chi connectivity index (χ4v) is 5.96. The fraction of sp³-hybridized carbons (Fsp3) is 0.838. The Bertz CT molecular complexity index is 1140. The van der Waals surface area contributed by atoms with Crippen LogP contribution in [0.1, 0.15) is 136 Å². The van der Waals surface area contributed by atoms with Crippen molar-refractivity contribution in [3.63, 3.8) is 0 Å². The summed E-state index contributed by atoms with van der Waals surface area (Å²) < 4.78 is 16.4. The van der Waals surface area contributed by atoms with E-state index in [0.717, 1.165) is 44.9 Å². The van der Waals surface area contributed by atoms with E-state index in [-0.39, 0.29) is 18.8 Å². The zero-order chi connectivity index (χ0) is 40.5. The molecule has 0 aromatic heterocycles. The van der Waals surface area contributed by atoms with Gasteiger partial charge >= 0.3 is 11.9 Å². The average Bonchev–Trinajstić information content (AvgIpc) is 3.12. The van der Waals surface area contributed by atoms with Gasteiger partial charge in [0.05, 0.1) is 13.2 Å². The Labute approximate surface area is 318 Å². The predicted octanol–water partition coefficient (Wildman–Crippen LogP) is 1.46. The summed E-state index contributed by atoms with van der Waals surface area (Å²) in [6.45, 7) is 4.49. The molecular formula is C37H66N4O13. The number of unbranched alkanes of at least 4 members (excludes halogenated alkanes) is 12. The summed E-state index contributed by atoms with van der Waals surface area (Å²) in [5.41, 5.74) is 5.24. The van der Waals surface area contributed by atoms with Crippen LogP contribution in [-0.4, -0.2) is 118 Å². The first-order valence-corrected chi connectivity index (χ1v) is 19.6. The molecule has 54 heavy (non-hydrogen) atoms. The lowest BCUT2D eigenvalue weighted by atomic mass is 9.96. The Balaban J connectivity index is 2.47. The maximum absolute atomic E-state index is 12.9. The molecule has 17 heteroatoms. The largest absolute Gasteiger partial charge is 0.481 e. The number of hydrogen-bond donors (Lipinski definition) is 8. The van der Waals surface area contributed by atoms with Gasteiger partial charge in [0.1, 0.15) is 42.5 Å². The van der Waals surface area contributed by atoms with Crippen LogP contribution in [0.15, 0.2) is 0 Å². The van der Waals surface area contributed by atoms with E-state index in [9.17, 15) is 44.1 Å². The van der Waals surface area contributed by atoms with E-state index in [1.807, 2.05) is 0 Å². The molecular weight excluding hydrogens is 708 g/mol. The molecule has 4 amide bonds. The van der Waals surface area contributed by atoms with Crippen molar-refractivity contribution in [1.29, 1.82) is 0 Å². The summed E-state index contributed by atoms with van der Waals surface area (Å²) in [7, 11) is 0. The summed E-state index contributed by atoms with van der Waals surface area (Å²) in [4.78, 5) is 72.8. The molecule has 1 fully saturated rings. The minimum atomic E-state index is -1.70. The number of aliphatic hydroxyl groups excluding tert-OH is 3. The van der Waals surface area contributed by atoms with Crippen LogP contribution in [0.3, 0.4) is 0 Å². The van der Waals surface area contributed by atoms with E-state index in [4.69, 9.17) is 25.1 Å². The number of primary amides is 1. The second-order valence-electron chi connectivity index (χ2n) is 14.0. The number of amides is 4. The van der Waals surface area contributed by atoms with Crippen LogP contribution in [-0.2, 0) is 43.0 Å². The van der Waals surface area contributed by atoms with Gasteiger partial charge in [0, 0.05) is 19.3 Å². The van der Waals surface area contributed by atoms with Crippen molar-refractivity contribution in [1.82, 2.24) is 16.0 Å². The molecule has 0 bridgehead atoms. The van der Waals surface area contributed by atoms with Gasteiger partial charge in [-0.25, -0.2) is 0 Å². The van der Waals surface area contributed by atoms with Crippen LogP contribution in [0, 0.1) is 0 Å². The second-order valence-corrected chi connectivity index (χ2v) is 14.0. The fourth-order valence-electron chi connectivity index (χ4n) is 5.96. The molecule has 0 aliphatic carbocycles. The second kappa shape index (κ2) is 28.1. The molecule has 312 valence electrons. The number of nitrogens with one attached hydrogen (secondary N) is 3. The first-order valence-electron chi connectivity index (χ1n) is 19.6. The molecule has 1 heterocycles. The number of carbonyl (C=O) groups excluding carboxylic acids is 5. The van der Waals surface area contributed by atoms with E-state index in [1.165, 1.54) is 52.4 Å². The Morgan fingerprint density at radius 3 is 1.93 bits per heavy atom. The molecule has 0 aromatic rings. The van der Waals surface area contributed by atoms with Gasteiger partial charge in [0.2, 0.25) is 23.6 Å². The summed E-state index contributed by atoms with van der Waals surface area (Å²) in [6.07, 6.45) is 6.81. The maximum atomic E-state index is 12.9. The van der Waals surface area contributed by atoms with Gasteiger partial charge in [-0.2, -0.15) is 0 Å². The van der Waals surface area contributed by atoms with Gasteiger partial charge in [-0.15, -0.1) is 0 Å². The monoisotopic (exact) mass is 774 g/mol. The third kappa shape index (κ3) is 20.3. The van der Waals surface area contributed by atoms with Crippen LogP contribution < -0.4 is 21.7 Å². The smallest absolute Gasteiger partial charge is 0.305 e. The summed E-state index contributed by atoms with van der Waals surface area (Å²) in [5.74, 6) is -4.42. The first-order chi connectivity index (χ1) is 25.7. The highest BCUT2D eigenvalue weighted by Crippen LogP contribution is 2.24. The molecule has 1 saturated heterocycles. The highest BCUT2D eigenvalue weighted by atomic mass is 16.6. The number of rotatable bonds is 30. The van der Waals surface area contributed by atoms with Gasteiger partial charge in [-0.05, 0) is 39.5 Å². The highest BCUT2D eigenvalue weighted by Gasteiger charge is 2.47. The third-order valence-electron chi connectivity index (χ3n) is 9.29. The number of aliphatic hydroxyl groups is 3. The van der Waals surface area contributed by atoms with Crippen molar-refractivity contribution in [2.75, 3.05) is 13.2 Å². The zero-order valence-corrected chi connectivity index (χ0v) is 32.3. The van der Waals surface area contributed by atoms with Crippen LogP contribution in [0.2, 0.25) is 0 Å². The molecule has 8 atom stereocenters. The molecule has 0 aromatic carbocycles. The molecule has 1 rings (SSSR count). The molecule has 17 nitrogen and oxygen atoms in total. The van der Waals surface area contributed by atoms with E-state index < -0.39 is 91.5 Å². The standard InChI is InChI=1S/C37H66N4O13/c1-4-5-6-7-8-9-10-13-16-19-30(46)52-22-17-14-11-12-15-18-28(43)41-31-33(32(47)27(23-42)54-37(31)51)53-25(3)36(50)39-24(2)35(49)40-26(34(38)48)20-21-29(44)45/h24-27,31-33,37,42,47,51H,4-23H2,1-3H3,(H2,38,48)(H,39,50)(H,40,49)(H,41,43)(H,44,45)/t24?,25?,26?,27-,31-,32-,33-,37?/m1/s1. The minimum absolute atomic E-state index is 0.0879. The number of carbonyl (C=O) groups is 6. The average molecular weight is 775 g/mol. The van der Waals surface area contributed by atoms with Gasteiger partial charge < -0.3 is 56.3 Å². The zero-order valence-electron chi connectivity index (χ0n) is 32.3. The van der Waals surface area contributed by atoms with Crippen molar-refractivity contribution in [2.24, 2.45) is 5.73 Å². The van der Waals surface area contributed by atoms with Gasteiger partial charge in [-0.3, -0.25) is 28.8 Å². The lowest BCUT2D eigenvalue weighted by molar-refractivity contribution is -0.266. The quantitative estimate of drug-likeness (QED) is 0.0380. The van der Waals surface area contributed by atoms with E-state index in [2.05, 4.69) is 22.9 Å². The number of ether oxygens (including phenoxy) is 3. The lowest BCUT2D eigenvalue weighted by Gasteiger charge is -2.43. The Morgan fingerprint density at radius 2 is 1.35 bits per heavy atom. The summed E-state index contributed by atoms with van der Waals surface area (Å²) >= 11 is 0. The van der Waals surface area contributed by atoms with Crippen LogP contribution in [0.4, 0.5) is 0 Å². The van der Waals surface area contributed by atoms with E-state index >= 15 is 0 Å². The molecule has 9 N–H and O–H groups in total. The normalized spacial score (nSPS) is 21.3. The number of aliphatic carboxylic acids is 1. The van der Waals surface area contributed by atoms with Crippen molar-refractivity contribution < 1.29 is 63.4 Å².